The van der Waals surface area contributed by atoms with Gasteiger partial charge >= 0.3 is 0 Å². The van der Waals surface area contributed by atoms with Crippen LogP contribution in [-0.4, -0.2) is 24.9 Å². The van der Waals surface area contributed by atoms with Gasteiger partial charge in [-0.25, -0.2) is 0 Å². The monoisotopic (exact) mass is 254 g/mol. The van der Waals surface area contributed by atoms with Gasteiger partial charge in [0.25, 0.3) is 0 Å². The molecule has 0 spiro atoms. The molecule has 4 heteroatoms. The van der Waals surface area contributed by atoms with Gasteiger partial charge in [-0.05, 0) is 19.8 Å². The minimum atomic E-state index is -0.0702. The third-order valence-electron chi connectivity index (χ3n) is 2.60. The maximum atomic E-state index is 11.2. The zero-order chi connectivity index (χ0) is 14.0. The maximum Gasteiger partial charge on any atom is 0.246 e. The summed E-state index contributed by atoms with van der Waals surface area (Å²) >= 11 is 0. The highest BCUT2D eigenvalue weighted by Crippen LogP contribution is 1.99. The Hall–Kier alpha value is -1.32. The van der Waals surface area contributed by atoms with Crippen molar-refractivity contribution >= 4 is 11.8 Å². The summed E-state index contributed by atoms with van der Waals surface area (Å²) in [7, 11) is 0. The number of carbonyl (C=O) groups excluding carboxylic acids is 2. The zero-order valence-electron chi connectivity index (χ0n) is 11.8. The van der Waals surface area contributed by atoms with Crippen molar-refractivity contribution in [3.05, 3.63) is 12.2 Å². The lowest BCUT2D eigenvalue weighted by Gasteiger charge is -2.07. The van der Waals surface area contributed by atoms with Crippen molar-refractivity contribution in [2.75, 3.05) is 13.1 Å². The van der Waals surface area contributed by atoms with E-state index in [2.05, 4.69) is 17.2 Å². The van der Waals surface area contributed by atoms with Gasteiger partial charge in [-0.3, -0.25) is 9.59 Å². The van der Waals surface area contributed by atoms with Gasteiger partial charge in [0.05, 0.1) is 0 Å². The summed E-state index contributed by atoms with van der Waals surface area (Å²) in [5.74, 6) is 0.102. The van der Waals surface area contributed by atoms with Crippen molar-refractivity contribution in [3.8, 4) is 0 Å². The normalized spacial score (nSPS) is 10.2. The van der Waals surface area contributed by atoms with Crippen LogP contribution in [0.1, 0.15) is 46.5 Å². The fourth-order valence-corrected chi connectivity index (χ4v) is 1.37. The van der Waals surface area contributed by atoms with Crippen molar-refractivity contribution in [1.82, 2.24) is 10.6 Å². The molecular formula is C14H26N2O2. The first-order valence-corrected chi connectivity index (χ1v) is 6.66. The molecule has 0 aromatic rings. The van der Waals surface area contributed by atoms with E-state index in [-0.39, 0.29) is 17.7 Å². The Morgan fingerprint density at radius 2 is 1.50 bits per heavy atom. The van der Waals surface area contributed by atoms with E-state index in [0.29, 0.717) is 12.1 Å². The van der Waals surface area contributed by atoms with Crippen molar-refractivity contribution in [2.45, 2.75) is 46.5 Å². The van der Waals surface area contributed by atoms with E-state index in [1.165, 1.54) is 0 Å². The number of hydrogen-bond acceptors (Lipinski definition) is 2. The van der Waals surface area contributed by atoms with Gasteiger partial charge in [0.2, 0.25) is 11.8 Å². The van der Waals surface area contributed by atoms with Crippen LogP contribution in [0.15, 0.2) is 12.2 Å². The zero-order valence-corrected chi connectivity index (χ0v) is 11.8. The molecule has 18 heavy (non-hydrogen) atoms. The molecule has 0 aliphatic heterocycles. The fraction of sp³-hybridized carbons (Fsp3) is 0.714. The van der Waals surface area contributed by atoms with Gasteiger partial charge in [0.15, 0.2) is 0 Å². The second-order valence-electron chi connectivity index (χ2n) is 4.90. The van der Waals surface area contributed by atoms with Crippen molar-refractivity contribution in [2.24, 2.45) is 5.92 Å². The standard InChI is InChI=1S/C14H26N2O2/c1-11(2)13(17)15-9-7-5-6-8-10-16-14(18)12(3)4/h12H,1,5-10H2,2-4H3,(H,15,17)(H,16,18). The number of hydrogen-bond donors (Lipinski definition) is 2. The summed E-state index contributed by atoms with van der Waals surface area (Å²) in [6.45, 7) is 10.5. The van der Waals surface area contributed by atoms with Crippen LogP contribution in [0.25, 0.3) is 0 Å². The van der Waals surface area contributed by atoms with E-state index in [9.17, 15) is 9.59 Å². The van der Waals surface area contributed by atoms with E-state index in [1.807, 2.05) is 13.8 Å². The Morgan fingerprint density at radius 1 is 1.00 bits per heavy atom. The summed E-state index contributed by atoms with van der Waals surface area (Å²) in [5, 5.41) is 5.68. The summed E-state index contributed by atoms with van der Waals surface area (Å²) in [4.78, 5) is 22.4. The molecule has 2 N–H and O–H groups in total. The highest BCUT2D eigenvalue weighted by atomic mass is 16.2. The second kappa shape index (κ2) is 9.68. The van der Waals surface area contributed by atoms with Gasteiger partial charge in [0, 0.05) is 24.6 Å². The van der Waals surface area contributed by atoms with E-state index < -0.39 is 0 Å². The summed E-state index contributed by atoms with van der Waals surface area (Å²) in [6, 6.07) is 0. The van der Waals surface area contributed by atoms with Crippen LogP contribution in [-0.2, 0) is 9.59 Å². The highest BCUT2D eigenvalue weighted by molar-refractivity contribution is 5.91. The van der Waals surface area contributed by atoms with Crippen LogP contribution in [0.2, 0.25) is 0 Å². The Morgan fingerprint density at radius 3 is 1.94 bits per heavy atom. The van der Waals surface area contributed by atoms with Gasteiger partial charge in [-0.2, -0.15) is 0 Å². The maximum absolute atomic E-state index is 11.2. The highest BCUT2D eigenvalue weighted by Gasteiger charge is 2.04. The summed E-state index contributed by atoms with van der Waals surface area (Å²) < 4.78 is 0. The van der Waals surface area contributed by atoms with Crippen LogP contribution in [0.4, 0.5) is 0 Å². The Kier molecular flexibility index (Phi) is 8.97. The van der Waals surface area contributed by atoms with Crippen LogP contribution in [0.5, 0.6) is 0 Å². The predicted octanol–water partition coefficient (Wildman–Crippen LogP) is 2.01. The number of rotatable bonds is 9. The van der Waals surface area contributed by atoms with Gasteiger partial charge in [-0.1, -0.05) is 33.3 Å². The van der Waals surface area contributed by atoms with Crippen LogP contribution in [0.3, 0.4) is 0 Å². The molecule has 4 nitrogen and oxygen atoms in total. The van der Waals surface area contributed by atoms with E-state index >= 15 is 0 Å². The Balaban J connectivity index is 3.29. The minimum Gasteiger partial charge on any atom is -0.356 e. The number of amides is 2. The lowest BCUT2D eigenvalue weighted by molar-refractivity contribution is -0.124. The summed E-state index contributed by atoms with van der Waals surface area (Å²) in [6.07, 6.45) is 4.10. The molecule has 0 atom stereocenters. The molecule has 0 bridgehead atoms. The summed E-state index contributed by atoms with van der Waals surface area (Å²) in [5.41, 5.74) is 0.548. The first-order valence-electron chi connectivity index (χ1n) is 6.66. The molecule has 0 saturated heterocycles. The molecule has 104 valence electrons. The SMILES string of the molecule is C=C(C)C(=O)NCCCCCCNC(=O)C(C)C. The topological polar surface area (TPSA) is 58.2 Å². The largest absolute Gasteiger partial charge is 0.356 e. The molecule has 0 heterocycles. The third kappa shape index (κ3) is 8.79. The van der Waals surface area contributed by atoms with E-state index in [1.54, 1.807) is 6.92 Å². The fourth-order valence-electron chi connectivity index (χ4n) is 1.37. The molecule has 2 amide bonds. The first-order chi connectivity index (χ1) is 8.45. The Bertz CT molecular complexity index is 286. The van der Waals surface area contributed by atoms with Gasteiger partial charge in [0.1, 0.15) is 0 Å². The second-order valence-corrected chi connectivity index (χ2v) is 4.90. The first kappa shape index (κ1) is 16.7. The van der Waals surface area contributed by atoms with Crippen molar-refractivity contribution < 1.29 is 9.59 Å². The van der Waals surface area contributed by atoms with Crippen LogP contribution < -0.4 is 10.6 Å². The lowest BCUT2D eigenvalue weighted by Crippen LogP contribution is -2.28. The molecule has 0 rings (SSSR count). The lowest BCUT2D eigenvalue weighted by atomic mass is 10.1. The average Bonchev–Trinajstić information content (AvgIpc) is 2.31. The van der Waals surface area contributed by atoms with Crippen molar-refractivity contribution in [3.63, 3.8) is 0 Å². The van der Waals surface area contributed by atoms with E-state index in [0.717, 1.165) is 32.2 Å². The molecule has 0 saturated carbocycles. The van der Waals surface area contributed by atoms with Crippen LogP contribution >= 0.6 is 0 Å². The molecular weight excluding hydrogens is 228 g/mol. The predicted molar refractivity (Wildman–Crippen MR) is 74.1 cm³/mol. The molecule has 0 unspecified atom stereocenters. The third-order valence-corrected chi connectivity index (χ3v) is 2.60. The molecule has 0 aliphatic carbocycles. The average molecular weight is 254 g/mol. The minimum absolute atomic E-state index is 0.0577. The van der Waals surface area contributed by atoms with Crippen molar-refractivity contribution in [1.29, 1.82) is 0 Å². The number of unbranched alkanes of at least 4 members (excludes halogenated alkanes) is 3. The molecule has 0 aromatic carbocycles. The van der Waals surface area contributed by atoms with E-state index in [4.69, 9.17) is 0 Å². The quantitative estimate of drug-likeness (QED) is 0.488. The number of nitrogens with one attached hydrogen (secondary N) is 2. The smallest absolute Gasteiger partial charge is 0.246 e. The molecule has 0 aromatic heterocycles. The molecule has 0 fully saturated rings. The molecule has 0 aliphatic rings. The Labute approximate surface area is 110 Å². The van der Waals surface area contributed by atoms with Gasteiger partial charge < -0.3 is 10.6 Å². The number of carbonyl (C=O) groups is 2. The molecule has 0 radical (unpaired) electrons. The van der Waals surface area contributed by atoms with Gasteiger partial charge in [-0.15, -0.1) is 0 Å². The van der Waals surface area contributed by atoms with Crippen LogP contribution in [0, 0.1) is 5.92 Å².